The predicted octanol–water partition coefficient (Wildman–Crippen LogP) is 8.32. The van der Waals surface area contributed by atoms with Crippen molar-refractivity contribution in [2.75, 3.05) is 0 Å². The Bertz CT molecular complexity index is 679. The van der Waals surface area contributed by atoms with Crippen molar-refractivity contribution >= 4 is 5.57 Å². The number of unbranched alkanes of at least 4 members (excludes halogenated alkanes) is 1. The van der Waals surface area contributed by atoms with Gasteiger partial charge >= 0.3 is 6.36 Å². The SMILES string of the molecule is C/C=C/CCCC1CCC(C2CC=C(c3ccc(OC(F)(F)F)cc3)CC2)CC1. The quantitative estimate of drug-likeness (QED) is 0.327. The molecule has 0 spiro atoms. The first-order valence-electron chi connectivity index (χ1n) is 11.1. The fourth-order valence-electron chi connectivity index (χ4n) is 5.05. The molecule has 1 aromatic carbocycles. The van der Waals surface area contributed by atoms with Crippen LogP contribution in [0.4, 0.5) is 13.2 Å². The molecule has 2 aliphatic carbocycles. The third-order valence-corrected chi connectivity index (χ3v) is 6.69. The molecule has 4 heteroatoms. The van der Waals surface area contributed by atoms with Crippen LogP contribution < -0.4 is 4.74 Å². The van der Waals surface area contributed by atoms with Crippen molar-refractivity contribution in [2.45, 2.75) is 77.5 Å². The summed E-state index contributed by atoms with van der Waals surface area (Å²) in [6.45, 7) is 2.09. The van der Waals surface area contributed by atoms with Crippen LogP contribution in [0.1, 0.15) is 76.7 Å². The molecular weight excluding hydrogens is 373 g/mol. The van der Waals surface area contributed by atoms with Gasteiger partial charge in [-0.15, -0.1) is 13.2 Å². The Kier molecular flexibility index (Phi) is 7.85. The first-order chi connectivity index (χ1) is 13.9. The Labute approximate surface area is 173 Å². The second kappa shape index (κ2) is 10.4. The molecule has 1 saturated carbocycles. The lowest BCUT2D eigenvalue weighted by Crippen LogP contribution is -2.23. The van der Waals surface area contributed by atoms with Gasteiger partial charge in [0.2, 0.25) is 0 Å². The predicted molar refractivity (Wildman–Crippen MR) is 113 cm³/mol. The van der Waals surface area contributed by atoms with Crippen molar-refractivity contribution in [1.82, 2.24) is 0 Å². The van der Waals surface area contributed by atoms with Crippen LogP contribution in [0.3, 0.4) is 0 Å². The number of hydrogen-bond acceptors (Lipinski definition) is 1. The van der Waals surface area contributed by atoms with E-state index in [0.29, 0.717) is 0 Å². The van der Waals surface area contributed by atoms with Gasteiger partial charge in [-0.05, 0) is 92.9 Å². The smallest absolute Gasteiger partial charge is 0.406 e. The van der Waals surface area contributed by atoms with E-state index in [1.807, 2.05) is 0 Å². The summed E-state index contributed by atoms with van der Waals surface area (Å²) in [5, 5.41) is 0. The zero-order valence-corrected chi connectivity index (χ0v) is 17.4. The van der Waals surface area contributed by atoms with E-state index >= 15 is 0 Å². The van der Waals surface area contributed by atoms with Gasteiger partial charge < -0.3 is 4.74 Å². The van der Waals surface area contributed by atoms with Gasteiger partial charge in [0, 0.05) is 0 Å². The highest BCUT2D eigenvalue weighted by Crippen LogP contribution is 2.42. The summed E-state index contributed by atoms with van der Waals surface area (Å²) in [4.78, 5) is 0. The molecule has 0 heterocycles. The van der Waals surface area contributed by atoms with Gasteiger partial charge in [0.05, 0.1) is 0 Å². The van der Waals surface area contributed by atoms with Crippen LogP contribution in [0, 0.1) is 17.8 Å². The lowest BCUT2D eigenvalue weighted by Gasteiger charge is -2.35. The molecule has 0 radical (unpaired) electrons. The Morgan fingerprint density at radius 2 is 1.72 bits per heavy atom. The molecule has 0 saturated heterocycles. The molecular formula is C25H33F3O. The summed E-state index contributed by atoms with van der Waals surface area (Å²) >= 11 is 0. The van der Waals surface area contributed by atoms with Gasteiger partial charge in [0.25, 0.3) is 0 Å². The van der Waals surface area contributed by atoms with E-state index in [0.717, 1.165) is 36.2 Å². The number of hydrogen-bond donors (Lipinski definition) is 0. The maximum absolute atomic E-state index is 12.3. The molecule has 3 rings (SSSR count). The van der Waals surface area contributed by atoms with Crippen molar-refractivity contribution in [3.8, 4) is 5.75 Å². The summed E-state index contributed by atoms with van der Waals surface area (Å²) in [6, 6.07) is 6.30. The van der Waals surface area contributed by atoms with Gasteiger partial charge in [-0.25, -0.2) is 0 Å². The monoisotopic (exact) mass is 406 g/mol. The standard InChI is InChI=1S/C25H33F3O/c1-2-3-4-5-6-19-7-9-20(10-8-19)21-11-13-22(14-12-21)23-15-17-24(18-16-23)29-25(26,27)28/h2-3,13,15-21H,4-12,14H2,1H3/b3-2+. The molecule has 1 aromatic rings. The molecule has 0 N–H and O–H groups in total. The number of benzene rings is 1. The maximum Gasteiger partial charge on any atom is 0.573 e. The van der Waals surface area contributed by atoms with E-state index in [4.69, 9.17) is 0 Å². The van der Waals surface area contributed by atoms with Crippen molar-refractivity contribution in [3.63, 3.8) is 0 Å². The number of allylic oxidation sites excluding steroid dienone is 4. The van der Waals surface area contributed by atoms with E-state index in [1.54, 1.807) is 12.1 Å². The third kappa shape index (κ3) is 6.94. The lowest BCUT2D eigenvalue weighted by atomic mass is 9.70. The van der Waals surface area contributed by atoms with E-state index in [2.05, 4.69) is 29.9 Å². The highest BCUT2D eigenvalue weighted by atomic mass is 19.4. The van der Waals surface area contributed by atoms with Crippen molar-refractivity contribution in [2.24, 2.45) is 17.8 Å². The van der Waals surface area contributed by atoms with Crippen LogP contribution in [0.15, 0.2) is 42.5 Å². The fourth-order valence-corrected chi connectivity index (χ4v) is 5.05. The summed E-state index contributed by atoms with van der Waals surface area (Å²) < 4.78 is 40.9. The van der Waals surface area contributed by atoms with Crippen molar-refractivity contribution in [3.05, 3.63) is 48.1 Å². The summed E-state index contributed by atoms with van der Waals surface area (Å²) in [6.07, 6.45) is 14.8. The highest BCUT2D eigenvalue weighted by molar-refractivity contribution is 5.66. The molecule has 1 fully saturated rings. The van der Waals surface area contributed by atoms with Gasteiger partial charge in [-0.2, -0.15) is 0 Å². The first-order valence-corrected chi connectivity index (χ1v) is 11.1. The summed E-state index contributed by atoms with van der Waals surface area (Å²) in [5.74, 6) is 2.39. The number of halogens is 3. The molecule has 2 aliphatic rings. The largest absolute Gasteiger partial charge is 0.573 e. The van der Waals surface area contributed by atoms with Gasteiger partial charge in [0.15, 0.2) is 0 Å². The minimum absolute atomic E-state index is 0.155. The van der Waals surface area contributed by atoms with Gasteiger partial charge in [-0.3, -0.25) is 0 Å². The highest BCUT2D eigenvalue weighted by Gasteiger charge is 2.31. The number of alkyl halides is 3. The van der Waals surface area contributed by atoms with E-state index in [1.165, 1.54) is 69.1 Å². The van der Waals surface area contributed by atoms with Crippen LogP contribution in [0.5, 0.6) is 5.75 Å². The minimum atomic E-state index is -4.63. The van der Waals surface area contributed by atoms with Crippen LogP contribution in [0.2, 0.25) is 0 Å². The van der Waals surface area contributed by atoms with Crippen LogP contribution in [-0.2, 0) is 0 Å². The Hall–Kier alpha value is -1.71. The lowest BCUT2D eigenvalue weighted by molar-refractivity contribution is -0.274. The Morgan fingerprint density at radius 3 is 2.31 bits per heavy atom. The molecule has 1 nitrogen and oxygen atoms in total. The summed E-state index contributed by atoms with van der Waals surface area (Å²) in [7, 11) is 0. The molecule has 29 heavy (non-hydrogen) atoms. The third-order valence-electron chi connectivity index (χ3n) is 6.69. The number of ether oxygens (including phenoxy) is 1. The van der Waals surface area contributed by atoms with E-state index < -0.39 is 6.36 Å². The van der Waals surface area contributed by atoms with E-state index in [9.17, 15) is 13.2 Å². The molecule has 0 amide bonds. The topological polar surface area (TPSA) is 9.23 Å². The second-order valence-corrected chi connectivity index (χ2v) is 8.62. The van der Waals surface area contributed by atoms with Crippen LogP contribution in [-0.4, -0.2) is 6.36 Å². The van der Waals surface area contributed by atoms with Gasteiger partial charge in [0.1, 0.15) is 5.75 Å². The fraction of sp³-hybridized carbons (Fsp3) is 0.600. The number of rotatable bonds is 7. The Morgan fingerprint density at radius 1 is 1.00 bits per heavy atom. The molecule has 160 valence electrons. The molecule has 1 unspecified atom stereocenters. The second-order valence-electron chi connectivity index (χ2n) is 8.62. The molecule has 0 aliphatic heterocycles. The van der Waals surface area contributed by atoms with Crippen LogP contribution in [0.25, 0.3) is 5.57 Å². The van der Waals surface area contributed by atoms with Gasteiger partial charge in [-0.1, -0.05) is 49.6 Å². The zero-order valence-electron chi connectivity index (χ0n) is 17.4. The van der Waals surface area contributed by atoms with E-state index in [-0.39, 0.29) is 5.75 Å². The van der Waals surface area contributed by atoms with Crippen molar-refractivity contribution in [1.29, 1.82) is 0 Å². The average molecular weight is 407 g/mol. The average Bonchev–Trinajstić information content (AvgIpc) is 2.71. The molecule has 1 atom stereocenters. The first kappa shape index (κ1) is 22.0. The van der Waals surface area contributed by atoms with Crippen molar-refractivity contribution < 1.29 is 17.9 Å². The van der Waals surface area contributed by atoms with Crippen LogP contribution >= 0.6 is 0 Å². The zero-order chi connectivity index (χ0) is 20.7. The molecule has 0 bridgehead atoms. The maximum atomic E-state index is 12.3. The summed E-state index contributed by atoms with van der Waals surface area (Å²) in [5.41, 5.74) is 2.28. The molecule has 0 aromatic heterocycles. The minimum Gasteiger partial charge on any atom is -0.406 e. The Balaban J connectivity index is 1.45. The normalized spacial score (nSPS) is 25.8.